The average molecular weight is 470 g/mol. The molecule has 0 N–H and O–H groups in total. The van der Waals surface area contributed by atoms with E-state index in [9.17, 15) is 9.18 Å². The van der Waals surface area contributed by atoms with E-state index in [-0.39, 0.29) is 5.82 Å². The Bertz CT molecular complexity index is 1130. The molecule has 176 valence electrons. The van der Waals surface area contributed by atoms with Crippen molar-refractivity contribution >= 4 is 28.7 Å². The van der Waals surface area contributed by atoms with E-state index >= 15 is 0 Å². The average Bonchev–Trinajstić information content (AvgIpc) is 3.38. The Balaban J connectivity index is 1.23. The summed E-state index contributed by atoms with van der Waals surface area (Å²) in [5.41, 5.74) is 4.61. The summed E-state index contributed by atoms with van der Waals surface area (Å²) in [4.78, 5) is 18.6. The minimum Gasteiger partial charge on any atom is -0.356 e. The van der Waals surface area contributed by atoms with Crippen LogP contribution >= 0.6 is 11.3 Å². The number of likely N-dealkylation sites (tertiary alicyclic amines) is 1. The van der Waals surface area contributed by atoms with Crippen molar-refractivity contribution in [3.05, 3.63) is 50.6 Å². The predicted octanol–water partition coefficient (Wildman–Crippen LogP) is 5.16. The normalized spacial score (nSPS) is 17.8. The summed E-state index contributed by atoms with van der Waals surface area (Å²) in [5.74, 6) is 0.715. The minimum absolute atomic E-state index is 0.286. The Hall–Kier alpha value is -2.25. The maximum atomic E-state index is 13.5. The summed E-state index contributed by atoms with van der Waals surface area (Å²) in [5, 5.41) is 5.23. The van der Waals surface area contributed by atoms with Gasteiger partial charge in [0.05, 0.1) is 12.2 Å². The molecule has 0 unspecified atom stereocenters. The monoisotopic (exact) mass is 469 g/mol. The van der Waals surface area contributed by atoms with Crippen LogP contribution in [0.25, 0.3) is 11.0 Å². The number of carbonyl (C=O) groups is 1. The van der Waals surface area contributed by atoms with Crippen LogP contribution < -0.4 is 0 Å². The van der Waals surface area contributed by atoms with Gasteiger partial charge in [0, 0.05) is 40.2 Å². The number of rotatable bonds is 7. The highest BCUT2D eigenvalue weighted by Crippen LogP contribution is 2.36. The molecule has 0 atom stereocenters. The Morgan fingerprint density at radius 1 is 1.27 bits per heavy atom. The molecule has 1 fully saturated rings. The fraction of sp³-hybridized carbons (Fsp3) is 0.538. The summed E-state index contributed by atoms with van der Waals surface area (Å²) < 4.78 is 18.9. The zero-order chi connectivity index (χ0) is 22.9. The molecule has 2 aromatic heterocycles. The number of carbonyl (C=O) groups excluding carboxylic acids is 1. The van der Waals surface area contributed by atoms with Gasteiger partial charge >= 0.3 is 0 Å². The van der Waals surface area contributed by atoms with Crippen LogP contribution in [0.3, 0.4) is 0 Å². The third-order valence-corrected chi connectivity index (χ3v) is 8.45. The third kappa shape index (κ3) is 4.71. The molecule has 0 saturated carbocycles. The quantitative estimate of drug-likeness (QED) is 0.448. The van der Waals surface area contributed by atoms with E-state index in [0.29, 0.717) is 17.4 Å². The first-order valence-corrected chi connectivity index (χ1v) is 12.9. The molecule has 7 heteroatoms. The van der Waals surface area contributed by atoms with Gasteiger partial charge in [-0.05, 0) is 74.4 Å². The van der Waals surface area contributed by atoms with Crippen molar-refractivity contribution in [3.63, 3.8) is 0 Å². The number of halogens is 1. The van der Waals surface area contributed by atoms with Crippen LogP contribution in [-0.2, 0) is 30.6 Å². The molecule has 1 amide bonds. The van der Waals surface area contributed by atoms with Crippen LogP contribution in [0.15, 0.2) is 22.7 Å². The maximum Gasteiger partial charge on any atom is 0.210 e. The number of piperidine rings is 1. The SMILES string of the molecule is CC(C)Cc1c(CCN2CCC(c3noc4cc(F)ccc34)CC2)sc2c1CCN(C=O)C2. The van der Waals surface area contributed by atoms with Crippen LogP contribution in [0.1, 0.15) is 59.2 Å². The molecule has 33 heavy (non-hydrogen) atoms. The second-order valence-corrected chi connectivity index (χ2v) is 11.1. The molecular formula is C26H32FN3O2S. The summed E-state index contributed by atoms with van der Waals surface area (Å²) in [6.07, 6.45) is 6.29. The number of amides is 1. The smallest absolute Gasteiger partial charge is 0.210 e. The summed E-state index contributed by atoms with van der Waals surface area (Å²) in [7, 11) is 0. The van der Waals surface area contributed by atoms with Crippen molar-refractivity contribution in [3.8, 4) is 0 Å². The first-order chi connectivity index (χ1) is 16.0. The molecule has 3 aromatic rings. The summed E-state index contributed by atoms with van der Waals surface area (Å²) in [6, 6.07) is 4.70. The van der Waals surface area contributed by atoms with Crippen LogP contribution in [0, 0.1) is 11.7 Å². The molecule has 0 spiro atoms. The highest BCUT2D eigenvalue weighted by molar-refractivity contribution is 7.12. The van der Waals surface area contributed by atoms with Crippen molar-refractivity contribution in [2.24, 2.45) is 5.92 Å². The second kappa shape index (κ2) is 9.55. The molecule has 0 bridgehead atoms. The van der Waals surface area contributed by atoms with Gasteiger partial charge in [-0.25, -0.2) is 4.39 Å². The number of aromatic nitrogens is 1. The van der Waals surface area contributed by atoms with E-state index in [1.54, 1.807) is 11.6 Å². The molecule has 4 heterocycles. The maximum absolute atomic E-state index is 13.5. The van der Waals surface area contributed by atoms with E-state index in [0.717, 1.165) is 82.3 Å². The van der Waals surface area contributed by atoms with Crippen molar-refractivity contribution in [2.45, 2.75) is 58.4 Å². The zero-order valence-electron chi connectivity index (χ0n) is 19.5. The van der Waals surface area contributed by atoms with Crippen LogP contribution in [-0.4, -0.2) is 47.5 Å². The molecule has 2 aliphatic heterocycles. The van der Waals surface area contributed by atoms with Gasteiger partial charge in [0.2, 0.25) is 6.41 Å². The second-order valence-electron chi connectivity index (χ2n) is 9.90. The highest BCUT2D eigenvalue weighted by atomic mass is 32.1. The lowest BCUT2D eigenvalue weighted by atomic mass is 9.91. The van der Waals surface area contributed by atoms with Gasteiger partial charge in [-0.2, -0.15) is 0 Å². The van der Waals surface area contributed by atoms with Gasteiger partial charge in [0.1, 0.15) is 5.82 Å². The predicted molar refractivity (Wildman–Crippen MR) is 129 cm³/mol. The van der Waals surface area contributed by atoms with Gasteiger partial charge < -0.3 is 14.3 Å². The molecule has 0 aliphatic carbocycles. The molecule has 1 aromatic carbocycles. The van der Waals surface area contributed by atoms with Gasteiger partial charge in [0.25, 0.3) is 0 Å². The number of hydrogen-bond acceptors (Lipinski definition) is 5. The van der Waals surface area contributed by atoms with Gasteiger partial charge in [-0.1, -0.05) is 19.0 Å². The Labute approximate surface area is 198 Å². The van der Waals surface area contributed by atoms with E-state index in [1.807, 2.05) is 16.2 Å². The Morgan fingerprint density at radius 3 is 2.85 bits per heavy atom. The van der Waals surface area contributed by atoms with E-state index in [4.69, 9.17) is 4.52 Å². The molecule has 0 radical (unpaired) electrons. The lowest BCUT2D eigenvalue weighted by Crippen LogP contribution is -2.34. The van der Waals surface area contributed by atoms with Crippen LogP contribution in [0.4, 0.5) is 4.39 Å². The molecule has 2 aliphatic rings. The number of hydrogen-bond donors (Lipinski definition) is 0. The Kier molecular flexibility index (Phi) is 6.52. The van der Waals surface area contributed by atoms with Crippen molar-refractivity contribution in [1.82, 2.24) is 15.0 Å². The van der Waals surface area contributed by atoms with E-state index < -0.39 is 0 Å². The minimum atomic E-state index is -0.286. The Morgan fingerprint density at radius 2 is 2.09 bits per heavy atom. The number of thiophene rings is 1. The lowest BCUT2D eigenvalue weighted by molar-refractivity contribution is -0.118. The molecular weight excluding hydrogens is 437 g/mol. The lowest BCUT2D eigenvalue weighted by Gasteiger charge is -2.31. The van der Waals surface area contributed by atoms with Crippen LogP contribution in [0.2, 0.25) is 0 Å². The van der Waals surface area contributed by atoms with Gasteiger partial charge in [-0.3, -0.25) is 4.79 Å². The molecule has 5 nitrogen and oxygen atoms in total. The van der Waals surface area contributed by atoms with Gasteiger partial charge in [0.15, 0.2) is 5.58 Å². The largest absolute Gasteiger partial charge is 0.356 e. The molecule has 1 saturated heterocycles. The standard InChI is InChI=1S/C26H32FN3O2S/c1-17(2)13-22-20-7-11-30(16-31)15-25(20)33-24(22)8-12-29-9-5-18(6-10-29)26-21-4-3-19(27)14-23(21)32-28-26/h3-4,14,16-18H,5-13,15H2,1-2H3. The topological polar surface area (TPSA) is 49.6 Å². The van der Waals surface area contributed by atoms with Crippen molar-refractivity contribution < 1.29 is 13.7 Å². The first kappa shape index (κ1) is 22.5. The van der Waals surface area contributed by atoms with Crippen molar-refractivity contribution in [1.29, 1.82) is 0 Å². The van der Waals surface area contributed by atoms with E-state index in [2.05, 4.69) is 23.9 Å². The fourth-order valence-corrected chi connectivity index (χ4v) is 6.80. The zero-order valence-corrected chi connectivity index (χ0v) is 20.3. The van der Waals surface area contributed by atoms with Crippen molar-refractivity contribution in [2.75, 3.05) is 26.2 Å². The van der Waals surface area contributed by atoms with Crippen LogP contribution in [0.5, 0.6) is 0 Å². The highest BCUT2D eigenvalue weighted by Gasteiger charge is 2.27. The number of nitrogens with zero attached hydrogens (tertiary/aromatic N) is 3. The summed E-state index contributed by atoms with van der Waals surface area (Å²) >= 11 is 1.93. The van der Waals surface area contributed by atoms with E-state index in [1.165, 1.54) is 27.5 Å². The molecule has 5 rings (SSSR count). The fourth-order valence-electron chi connectivity index (χ4n) is 5.40. The number of fused-ring (bicyclic) bond motifs is 2. The third-order valence-electron chi connectivity index (χ3n) is 7.13. The number of benzene rings is 1. The summed E-state index contributed by atoms with van der Waals surface area (Å²) in [6.45, 7) is 9.36. The van der Waals surface area contributed by atoms with Gasteiger partial charge in [-0.15, -0.1) is 11.3 Å². The first-order valence-electron chi connectivity index (χ1n) is 12.1.